The average Bonchev–Trinajstić information content (AvgIpc) is 2.15. The molecule has 3 atom stereocenters. The standard InChI is InChI=1S/C12H25N/c1-3-4-5-11-8-10(2)6-7-12(11)9-13/h10-12H,3-9,13H2,1-2H3. The van der Waals surface area contributed by atoms with E-state index in [1.54, 1.807) is 0 Å². The summed E-state index contributed by atoms with van der Waals surface area (Å²) < 4.78 is 0. The highest BCUT2D eigenvalue weighted by atomic mass is 14.6. The molecule has 0 saturated heterocycles. The van der Waals surface area contributed by atoms with Crippen molar-refractivity contribution < 1.29 is 0 Å². The van der Waals surface area contributed by atoms with Gasteiger partial charge in [0, 0.05) is 0 Å². The minimum absolute atomic E-state index is 0.836. The minimum atomic E-state index is 0.836. The molecule has 1 nitrogen and oxygen atoms in total. The lowest BCUT2D eigenvalue weighted by Crippen LogP contribution is -2.29. The minimum Gasteiger partial charge on any atom is -0.330 e. The van der Waals surface area contributed by atoms with E-state index in [1.165, 1.54) is 38.5 Å². The number of nitrogens with two attached hydrogens (primary N) is 1. The second kappa shape index (κ2) is 5.64. The molecule has 0 aromatic heterocycles. The molecular weight excluding hydrogens is 158 g/mol. The van der Waals surface area contributed by atoms with Gasteiger partial charge >= 0.3 is 0 Å². The van der Waals surface area contributed by atoms with Crippen LogP contribution in [0.15, 0.2) is 0 Å². The Labute approximate surface area is 83.1 Å². The molecule has 0 aliphatic heterocycles. The van der Waals surface area contributed by atoms with Gasteiger partial charge in [-0.3, -0.25) is 0 Å². The Balaban J connectivity index is 2.35. The molecule has 1 heteroatoms. The maximum atomic E-state index is 5.81. The quantitative estimate of drug-likeness (QED) is 0.711. The van der Waals surface area contributed by atoms with Gasteiger partial charge in [0.05, 0.1) is 0 Å². The molecule has 0 aromatic rings. The first kappa shape index (κ1) is 11.0. The molecule has 2 N–H and O–H groups in total. The Hall–Kier alpha value is -0.0400. The van der Waals surface area contributed by atoms with Gasteiger partial charge in [-0.15, -0.1) is 0 Å². The van der Waals surface area contributed by atoms with Crippen molar-refractivity contribution in [3.63, 3.8) is 0 Å². The Morgan fingerprint density at radius 2 is 2.00 bits per heavy atom. The normalized spacial score (nSPS) is 34.8. The van der Waals surface area contributed by atoms with Crippen LogP contribution < -0.4 is 5.73 Å². The molecule has 3 unspecified atom stereocenters. The molecule has 78 valence electrons. The summed E-state index contributed by atoms with van der Waals surface area (Å²) in [6.07, 6.45) is 8.37. The molecule has 1 fully saturated rings. The maximum absolute atomic E-state index is 5.81. The fraction of sp³-hybridized carbons (Fsp3) is 1.00. The molecule has 0 amide bonds. The second-order valence-corrected chi connectivity index (χ2v) is 4.82. The highest BCUT2D eigenvalue weighted by Crippen LogP contribution is 2.35. The van der Waals surface area contributed by atoms with E-state index < -0.39 is 0 Å². The molecular formula is C12H25N. The van der Waals surface area contributed by atoms with Crippen LogP contribution in [0.5, 0.6) is 0 Å². The summed E-state index contributed by atoms with van der Waals surface area (Å²) in [7, 11) is 0. The summed E-state index contributed by atoms with van der Waals surface area (Å²) in [5, 5.41) is 0. The summed E-state index contributed by atoms with van der Waals surface area (Å²) in [5.74, 6) is 2.72. The van der Waals surface area contributed by atoms with Crippen molar-refractivity contribution in [1.82, 2.24) is 0 Å². The van der Waals surface area contributed by atoms with Crippen LogP contribution >= 0.6 is 0 Å². The lowest BCUT2D eigenvalue weighted by molar-refractivity contribution is 0.181. The van der Waals surface area contributed by atoms with Crippen molar-refractivity contribution in [1.29, 1.82) is 0 Å². The van der Waals surface area contributed by atoms with Crippen molar-refractivity contribution in [3.05, 3.63) is 0 Å². The van der Waals surface area contributed by atoms with Crippen LogP contribution in [0.25, 0.3) is 0 Å². The van der Waals surface area contributed by atoms with E-state index in [0.29, 0.717) is 0 Å². The third-order valence-electron chi connectivity index (χ3n) is 3.63. The van der Waals surface area contributed by atoms with Gasteiger partial charge in [0.2, 0.25) is 0 Å². The molecule has 1 rings (SSSR count). The van der Waals surface area contributed by atoms with E-state index in [1.807, 2.05) is 0 Å². The van der Waals surface area contributed by atoms with Gasteiger partial charge in [-0.2, -0.15) is 0 Å². The van der Waals surface area contributed by atoms with Crippen molar-refractivity contribution in [2.24, 2.45) is 23.5 Å². The second-order valence-electron chi connectivity index (χ2n) is 4.82. The van der Waals surface area contributed by atoms with Crippen LogP contribution in [0.3, 0.4) is 0 Å². The van der Waals surface area contributed by atoms with Crippen LogP contribution in [-0.4, -0.2) is 6.54 Å². The van der Waals surface area contributed by atoms with Gasteiger partial charge in [-0.1, -0.05) is 39.5 Å². The molecule has 13 heavy (non-hydrogen) atoms. The van der Waals surface area contributed by atoms with Gasteiger partial charge in [-0.25, -0.2) is 0 Å². The van der Waals surface area contributed by atoms with Gasteiger partial charge in [0.25, 0.3) is 0 Å². The Morgan fingerprint density at radius 1 is 1.23 bits per heavy atom. The number of hydrogen-bond donors (Lipinski definition) is 1. The summed E-state index contributed by atoms with van der Waals surface area (Å²) in [4.78, 5) is 0. The van der Waals surface area contributed by atoms with Gasteiger partial charge < -0.3 is 5.73 Å². The van der Waals surface area contributed by atoms with E-state index in [0.717, 1.165) is 24.3 Å². The van der Waals surface area contributed by atoms with Gasteiger partial charge in [0.15, 0.2) is 0 Å². The topological polar surface area (TPSA) is 26.0 Å². The molecule has 1 saturated carbocycles. The molecule has 0 spiro atoms. The van der Waals surface area contributed by atoms with Gasteiger partial charge in [0.1, 0.15) is 0 Å². The number of hydrogen-bond acceptors (Lipinski definition) is 1. The Bertz CT molecular complexity index is 133. The Kier molecular flexibility index (Phi) is 4.79. The summed E-state index contributed by atoms with van der Waals surface area (Å²) in [5.41, 5.74) is 5.81. The van der Waals surface area contributed by atoms with Gasteiger partial charge in [-0.05, 0) is 37.1 Å². The van der Waals surface area contributed by atoms with E-state index in [-0.39, 0.29) is 0 Å². The smallest absolute Gasteiger partial charge is 0.00462 e. The van der Waals surface area contributed by atoms with Crippen LogP contribution in [0.4, 0.5) is 0 Å². The number of unbranched alkanes of at least 4 members (excludes halogenated alkanes) is 1. The van der Waals surface area contributed by atoms with Crippen LogP contribution in [0, 0.1) is 17.8 Å². The predicted octanol–water partition coefficient (Wildman–Crippen LogP) is 3.19. The van der Waals surface area contributed by atoms with E-state index in [4.69, 9.17) is 5.73 Å². The van der Waals surface area contributed by atoms with Crippen molar-refractivity contribution >= 4 is 0 Å². The fourth-order valence-electron chi connectivity index (χ4n) is 2.69. The predicted molar refractivity (Wildman–Crippen MR) is 58.6 cm³/mol. The summed E-state index contributed by atoms with van der Waals surface area (Å²) in [6, 6.07) is 0. The zero-order valence-corrected chi connectivity index (χ0v) is 9.26. The van der Waals surface area contributed by atoms with E-state index >= 15 is 0 Å². The highest BCUT2D eigenvalue weighted by Gasteiger charge is 2.26. The largest absolute Gasteiger partial charge is 0.330 e. The molecule has 0 bridgehead atoms. The van der Waals surface area contributed by atoms with Crippen LogP contribution in [-0.2, 0) is 0 Å². The zero-order valence-electron chi connectivity index (χ0n) is 9.26. The highest BCUT2D eigenvalue weighted by molar-refractivity contribution is 4.78. The first-order valence-electron chi connectivity index (χ1n) is 5.98. The summed E-state index contributed by atoms with van der Waals surface area (Å²) >= 11 is 0. The third-order valence-corrected chi connectivity index (χ3v) is 3.63. The van der Waals surface area contributed by atoms with Crippen molar-refractivity contribution in [3.8, 4) is 0 Å². The lowest BCUT2D eigenvalue weighted by atomic mass is 9.73. The molecule has 1 aliphatic rings. The van der Waals surface area contributed by atoms with Crippen molar-refractivity contribution in [2.75, 3.05) is 6.54 Å². The molecule has 1 aliphatic carbocycles. The average molecular weight is 183 g/mol. The van der Waals surface area contributed by atoms with E-state index in [9.17, 15) is 0 Å². The fourth-order valence-corrected chi connectivity index (χ4v) is 2.69. The maximum Gasteiger partial charge on any atom is -0.00462 e. The lowest BCUT2D eigenvalue weighted by Gasteiger charge is -2.34. The number of rotatable bonds is 4. The monoisotopic (exact) mass is 183 g/mol. The van der Waals surface area contributed by atoms with Crippen LogP contribution in [0.2, 0.25) is 0 Å². The molecule has 0 radical (unpaired) electrons. The molecule has 0 heterocycles. The Morgan fingerprint density at radius 3 is 2.62 bits per heavy atom. The van der Waals surface area contributed by atoms with E-state index in [2.05, 4.69) is 13.8 Å². The summed E-state index contributed by atoms with van der Waals surface area (Å²) in [6.45, 7) is 5.59. The first-order valence-corrected chi connectivity index (χ1v) is 5.98. The van der Waals surface area contributed by atoms with Crippen LogP contribution in [0.1, 0.15) is 52.4 Å². The third kappa shape index (κ3) is 3.30. The zero-order chi connectivity index (χ0) is 9.68. The SMILES string of the molecule is CCCCC1CC(C)CCC1CN. The van der Waals surface area contributed by atoms with Crippen molar-refractivity contribution in [2.45, 2.75) is 52.4 Å². The first-order chi connectivity index (χ1) is 6.27. The molecule has 0 aromatic carbocycles.